The minimum absolute atomic E-state index is 0.103. The van der Waals surface area contributed by atoms with E-state index in [1.165, 1.54) is 0 Å². The highest BCUT2D eigenvalue weighted by Gasteiger charge is 2.11. The van der Waals surface area contributed by atoms with Crippen molar-refractivity contribution in [2.75, 3.05) is 26.4 Å². The molecule has 0 aliphatic carbocycles. The Hall–Kier alpha value is -0.640. The first kappa shape index (κ1) is 14.4. The van der Waals surface area contributed by atoms with Crippen molar-refractivity contribution in [1.29, 1.82) is 0 Å². The summed E-state index contributed by atoms with van der Waals surface area (Å²) in [6.45, 7) is 13.7. The lowest BCUT2D eigenvalue weighted by molar-refractivity contribution is -0.0446. The average Bonchev–Trinajstić information content (AvgIpc) is 2.28. The second-order valence-corrected chi connectivity index (χ2v) is 3.00. The fraction of sp³-hybridized carbons (Fsp3) is 0.667. The minimum Gasteiger partial charge on any atom is -0.379 e. The first-order valence-corrected chi connectivity index (χ1v) is 5.34. The van der Waals surface area contributed by atoms with E-state index in [0.29, 0.717) is 26.4 Å². The van der Waals surface area contributed by atoms with E-state index in [2.05, 4.69) is 13.2 Å². The quantitative estimate of drug-likeness (QED) is 0.522. The summed E-state index contributed by atoms with van der Waals surface area (Å²) in [7, 11) is 0. The molecule has 0 saturated carbocycles. The number of hydrogen-bond donors (Lipinski definition) is 0. The van der Waals surface area contributed by atoms with Crippen LogP contribution in [0.25, 0.3) is 0 Å². The van der Waals surface area contributed by atoms with Crippen molar-refractivity contribution in [3.05, 3.63) is 25.3 Å². The summed E-state index contributed by atoms with van der Waals surface area (Å²) < 4.78 is 16.2. The Balaban J connectivity index is 3.88. The van der Waals surface area contributed by atoms with Gasteiger partial charge in [0.05, 0.1) is 25.4 Å². The van der Waals surface area contributed by atoms with Gasteiger partial charge in [-0.2, -0.15) is 0 Å². The Bertz CT molecular complexity index is 150. The van der Waals surface area contributed by atoms with E-state index < -0.39 is 0 Å². The Labute approximate surface area is 92.7 Å². The number of hydrogen-bond acceptors (Lipinski definition) is 3. The summed E-state index contributed by atoms with van der Waals surface area (Å²) in [5.74, 6) is 0. The van der Waals surface area contributed by atoms with E-state index in [9.17, 15) is 0 Å². The molecule has 0 heterocycles. The van der Waals surface area contributed by atoms with Gasteiger partial charge in [0.25, 0.3) is 0 Å². The maximum atomic E-state index is 5.67. The van der Waals surface area contributed by atoms with Crippen LogP contribution in [0.4, 0.5) is 0 Å². The highest BCUT2D eigenvalue weighted by Crippen LogP contribution is 2.03. The third-order valence-corrected chi connectivity index (χ3v) is 1.85. The van der Waals surface area contributed by atoms with Crippen molar-refractivity contribution in [1.82, 2.24) is 0 Å². The summed E-state index contributed by atoms with van der Waals surface area (Å²) in [6.07, 6.45) is 3.26. The molecule has 0 aliphatic heterocycles. The zero-order valence-electron chi connectivity index (χ0n) is 9.78. The first-order valence-electron chi connectivity index (χ1n) is 5.34. The highest BCUT2D eigenvalue weighted by molar-refractivity contribution is 4.86. The Kier molecular flexibility index (Phi) is 9.48. The van der Waals surface area contributed by atoms with E-state index in [0.717, 1.165) is 0 Å². The van der Waals surface area contributed by atoms with E-state index in [1.54, 1.807) is 12.2 Å². The van der Waals surface area contributed by atoms with Gasteiger partial charge in [-0.1, -0.05) is 12.2 Å². The molecule has 88 valence electrons. The van der Waals surface area contributed by atoms with E-state index in [4.69, 9.17) is 14.2 Å². The van der Waals surface area contributed by atoms with Gasteiger partial charge in [0.2, 0.25) is 0 Å². The molecular formula is C12H22O3. The average molecular weight is 214 g/mol. The monoisotopic (exact) mass is 214 g/mol. The fourth-order valence-electron chi connectivity index (χ4n) is 1.02. The molecule has 2 atom stereocenters. The standard InChI is InChI=1S/C12H22O3/c1-5-11(9-13-7-3)15-12(6-2)10-14-8-4/h5-6,11-12H,1-2,7-10H2,3-4H3. The van der Waals surface area contributed by atoms with Crippen LogP contribution in [0.2, 0.25) is 0 Å². The van der Waals surface area contributed by atoms with Crippen LogP contribution in [0.1, 0.15) is 13.8 Å². The molecule has 3 nitrogen and oxygen atoms in total. The fourth-order valence-corrected chi connectivity index (χ4v) is 1.02. The lowest BCUT2D eigenvalue weighted by Crippen LogP contribution is -2.26. The zero-order chi connectivity index (χ0) is 11.5. The van der Waals surface area contributed by atoms with Crippen LogP contribution in [0.15, 0.2) is 25.3 Å². The van der Waals surface area contributed by atoms with Crippen molar-refractivity contribution < 1.29 is 14.2 Å². The van der Waals surface area contributed by atoms with Crippen LogP contribution in [0.3, 0.4) is 0 Å². The summed E-state index contributed by atoms with van der Waals surface area (Å²) in [6, 6.07) is 0. The lowest BCUT2D eigenvalue weighted by Gasteiger charge is -2.19. The number of ether oxygens (including phenoxy) is 3. The molecule has 0 bridgehead atoms. The van der Waals surface area contributed by atoms with Gasteiger partial charge in [0.1, 0.15) is 0 Å². The van der Waals surface area contributed by atoms with Gasteiger partial charge in [-0.15, -0.1) is 13.2 Å². The molecular weight excluding hydrogens is 192 g/mol. The Morgan fingerprint density at radius 2 is 1.33 bits per heavy atom. The molecule has 0 spiro atoms. The topological polar surface area (TPSA) is 27.7 Å². The molecule has 0 saturated heterocycles. The Morgan fingerprint density at radius 3 is 1.60 bits per heavy atom. The molecule has 3 heteroatoms. The first-order chi connectivity index (χ1) is 7.28. The summed E-state index contributed by atoms with van der Waals surface area (Å²) in [4.78, 5) is 0. The van der Waals surface area contributed by atoms with Crippen LogP contribution in [0, 0.1) is 0 Å². The molecule has 15 heavy (non-hydrogen) atoms. The molecule has 0 N–H and O–H groups in total. The van der Waals surface area contributed by atoms with Crippen LogP contribution in [-0.4, -0.2) is 38.6 Å². The second-order valence-electron chi connectivity index (χ2n) is 3.00. The van der Waals surface area contributed by atoms with Gasteiger partial charge in [-0.25, -0.2) is 0 Å². The van der Waals surface area contributed by atoms with E-state index in [-0.39, 0.29) is 12.2 Å². The van der Waals surface area contributed by atoms with E-state index >= 15 is 0 Å². The Morgan fingerprint density at radius 1 is 0.933 bits per heavy atom. The van der Waals surface area contributed by atoms with Gasteiger partial charge < -0.3 is 14.2 Å². The highest BCUT2D eigenvalue weighted by atomic mass is 16.6. The third-order valence-electron chi connectivity index (χ3n) is 1.85. The van der Waals surface area contributed by atoms with Crippen molar-refractivity contribution in [2.45, 2.75) is 26.1 Å². The molecule has 0 aromatic rings. The molecule has 0 amide bonds. The van der Waals surface area contributed by atoms with E-state index in [1.807, 2.05) is 13.8 Å². The molecule has 0 radical (unpaired) electrons. The number of rotatable bonds is 10. The van der Waals surface area contributed by atoms with Gasteiger partial charge in [-0.05, 0) is 13.8 Å². The van der Waals surface area contributed by atoms with Gasteiger partial charge >= 0.3 is 0 Å². The maximum Gasteiger partial charge on any atom is 0.0995 e. The molecule has 0 fully saturated rings. The minimum atomic E-state index is -0.103. The van der Waals surface area contributed by atoms with Crippen LogP contribution in [-0.2, 0) is 14.2 Å². The van der Waals surface area contributed by atoms with Gasteiger partial charge in [0, 0.05) is 13.2 Å². The lowest BCUT2D eigenvalue weighted by atomic mass is 10.3. The second kappa shape index (κ2) is 9.90. The third kappa shape index (κ3) is 7.31. The summed E-state index contributed by atoms with van der Waals surface area (Å²) >= 11 is 0. The SMILES string of the molecule is C=CC(COCC)OC(C=C)COCC. The zero-order valence-corrected chi connectivity index (χ0v) is 9.78. The predicted molar refractivity (Wildman–Crippen MR) is 62.0 cm³/mol. The molecule has 0 rings (SSSR count). The van der Waals surface area contributed by atoms with Crippen molar-refractivity contribution in [3.63, 3.8) is 0 Å². The van der Waals surface area contributed by atoms with Crippen molar-refractivity contribution in [2.24, 2.45) is 0 Å². The normalized spacial score (nSPS) is 14.5. The predicted octanol–water partition coefficient (Wildman–Crippen LogP) is 2.19. The maximum absolute atomic E-state index is 5.67. The van der Waals surface area contributed by atoms with Gasteiger partial charge in [-0.3, -0.25) is 0 Å². The van der Waals surface area contributed by atoms with Gasteiger partial charge in [0.15, 0.2) is 0 Å². The molecule has 0 aromatic heterocycles. The molecule has 0 aromatic carbocycles. The summed E-state index contributed by atoms with van der Waals surface area (Å²) in [5.41, 5.74) is 0. The molecule has 2 unspecified atom stereocenters. The van der Waals surface area contributed by atoms with Crippen LogP contribution >= 0.6 is 0 Å². The molecule has 0 aliphatic rings. The largest absolute Gasteiger partial charge is 0.379 e. The van der Waals surface area contributed by atoms with Crippen molar-refractivity contribution in [3.8, 4) is 0 Å². The van der Waals surface area contributed by atoms with Crippen LogP contribution < -0.4 is 0 Å². The summed E-state index contributed by atoms with van der Waals surface area (Å²) in [5, 5.41) is 0. The van der Waals surface area contributed by atoms with Crippen LogP contribution in [0.5, 0.6) is 0 Å². The smallest absolute Gasteiger partial charge is 0.0995 e. The van der Waals surface area contributed by atoms with Crippen molar-refractivity contribution >= 4 is 0 Å².